The predicted molar refractivity (Wildman–Crippen MR) is 53.5 cm³/mol. The fourth-order valence-corrected chi connectivity index (χ4v) is 0.742. The number of rotatable bonds is 5. The largest absolute Gasteiger partial charge is 0.466 e. The summed E-state index contributed by atoms with van der Waals surface area (Å²) >= 11 is 0. The van der Waals surface area contributed by atoms with Gasteiger partial charge in [-0.1, -0.05) is 26.2 Å². The van der Waals surface area contributed by atoms with Gasteiger partial charge in [0, 0.05) is 13.5 Å². The number of unbranched alkanes of at least 4 members (excludes halogenated alkanes) is 3. The number of hydrogen-bond acceptors (Lipinski definition) is 3. The maximum absolute atomic E-state index is 9.82. The van der Waals surface area contributed by atoms with Gasteiger partial charge in [0.2, 0.25) is 0 Å². The zero-order valence-corrected chi connectivity index (χ0v) is 9.01. The summed E-state index contributed by atoms with van der Waals surface area (Å²) in [6.07, 6.45) is 4.68. The number of esters is 1. The third kappa shape index (κ3) is 24.6. The van der Waals surface area contributed by atoms with Crippen LogP contribution in [0.5, 0.6) is 0 Å². The van der Waals surface area contributed by atoms with Crippen LogP contribution in [0.15, 0.2) is 0 Å². The molecule has 0 bridgehead atoms. The van der Waals surface area contributed by atoms with E-state index in [0.717, 1.165) is 6.42 Å². The van der Waals surface area contributed by atoms with Crippen molar-refractivity contribution in [2.75, 3.05) is 13.2 Å². The molecule has 0 aliphatic rings. The molecule has 0 atom stereocenters. The fraction of sp³-hybridized carbons (Fsp3) is 0.900. The highest BCUT2D eigenvalue weighted by Crippen LogP contribution is 1.96. The van der Waals surface area contributed by atoms with Gasteiger partial charge in [0.05, 0.1) is 6.61 Å². The molecule has 0 aromatic rings. The Morgan fingerprint density at radius 2 is 1.85 bits per heavy atom. The number of aliphatic hydroxyl groups excluding tert-OH is 1. The van der Waals surface area contributed by atoms with E-state index >= 15 is 0 Å². The minimum Gasteiger partial charge on any atom is -0.466 e. The molecule has 0 radical (unpaired) electrons. The van der Waals surface area contributed by atoms with Crippen LogP contribution in [-0.4, -0.2) is 24.3 Å². The van der Waals surface area contributed by atoms with Gasteiger partial charge in [-0.05, 0) is 13.3 Å². The molecule has 0 amide bonds. The molecule has 0 aromatic carbocycles. The summed E-state index contributed by atoms with van der Waals surface area (Å²) < 4.78 is 4.40. The van der Waals surface area contributed by atoms with Gasteiger partial charge in [0.15, 0.2) is 0 Å². The van der Waals surface area contributed by atoms with E-state index in [2.05, 4.69) is 11.7 Å². The van der Waals surface area contributed by atoms with Crippen molar-refractivity contribution >= 4 is 5.97 Å². The molecule has 80 valence electrons. The molecule has 0 rings (SSSR count). The van der Waals surface area contributed by atoms with Gasteiger partial charge in [-0.2, -0.15) is 0 Å². The normalized spacial score (nSPS) is 8.62. The number of hydrogen-bond donors (Lipinski definition) is 1. The molecule has 1 N–H and O–H groups in total. The zero-order chi connectivity index (χ0) is 10.5. The van der Waals surface area contributed by atoms with Crippen LogP contribution < -0.4 is 0 Å². The lowest BCUT2D eigenvalue weighted by molar-refractivity contribution is -0.140. The van der Waals surface area contributed by atoms with Gasteiger partial charge >= 0.3 is 5.97 Å². The summed E-state index contributed by atoms with van der Waals surface area (Å²) in [6, 6.07) is 0. The molecular weight excluding hydrogens is 168 g/mol. The van der Waals surface area contributed by atoms with E-state index in [4.69, 9.17) is 5.11 Å². The summed E-state index contributed by atoms with van der Waals surface area (Å²) in [5, 5.41) is 8.29. The first kappa shape index (κ1) is 14.9. The van der Waals surface area contributed by atoms with Crippen molar-refractivity contribution in [2.24, 2.45) is 0 Å². The number of carbonyl (C=O) groups is 1. The average molecular weight is 190 g/mol. The summed E-state index contributed by atoms with van der Waals surface area (Å²) in [5.74, 6) is -0.211. The molecule has 0 aliphatic carbocycles. The van der Waals surface area contributed by atoms with E-state index in [0.29, 0.717) is 13.2 Å². The summed E-state index contributed by atoms with van der Waals surface area (Å²) in [4.78, 5) is 9.82. The van der Waals surface area contributed by atoms with Crippen molar-refractivity contribution < 1.29 is 14.6 Å². The molecule has 13 heavy (non-hydrogen) atoms. The maximum atomic E-state index is 9.82. The van der Waals surface area contributed by atoms with Gasteiger partial charge in [-0.25, -0.2) is 0 Å². The Hall–Kier alpha value is -0.570. The molecule has 0 spiro atoms. The number of carbonyl (C=O) groups excluding carboxylic acids is 1. The number of aliphatic hydroxyl groups is 1. The molecule has 3 nitrogen and oxygen atoms in total. The third-order valence-electron chi connectivity index (χ3n) is 1.36. The van der Waals surface area contributed by atoms with Crippen LogP contribution in [0, 0.1) is 0 Å². The Morgan fingerprint density at radius 3 is 2.08 bits per heavy atom. The smallest absolute Gasteiger partial charge is 0.302 e. The van der Waals surface area contributed by atoms with Crippen LogP contribution in [0.2, 0.25) is 0 Å². The molecule has 0 fully saturated rings. The highest BCUT2D eigenvalue weighted by molar-refractivity contribution is 5.65. The van der Waals surface area contributed by atoms with Gasteiger partial charge in [0.25, 0.3) is 0 Å². The van der Waals surface area contributed by atoms with E-state index < -0.39 is 0 Å². The summed E-state index contributed by atoms with van der Waals surface area (Å²) in [7, 11) is 0. The van der Waals surface area contributed by atoms with Gasteiger partial charge in [-0.15, -0.1) is 0 Å². The minimum atomic E-state index is -0.211. The quantitative estimate of drug-likeness (QED) is 0.533. The minimum absolute atomic E-state index is 0.211. The van der Waals surface area contributed by atoms with E-state index in [9.17, 15) is 4.79 Å². The molecule has 0 unspecified atom stereocenters. The Morgan fingerprint density at radius 1 is 1.23 bits per heavy atom. The van der Waals surface area contributed by atoms with Crippen LogP contribution in [0.3, 0.4) is 0 Å². The second-order valence-electron chi connectivity index (χ2n) is 2.71. The second-order valence-corrected chi connectivity index (χ2v) is 2.71. The van der Waals surface area contributed by atoms with Crippen molar-refractivity contribution in [3.05, 3.63) is 0 Å². The molecule has 3 heteroatoms. The Bertz CT molecular complexity index is 98.3. The molecule has 0 aliphatic heterocycles. The fourth-order valence-electron chi connectivity index (χ4n) is 0.742. The lowest BCUT2D eigenvalue weighted by Crippen LogP contribution is -1.95. The van der Waals surface area contributed by atoms with Crippen LogP contribution in [-0.2, 0) is 9.53 Å². The zero-order valence-electron chi connectivity index (χ0n) is 9.01. The van der Waals surface area contributed by atoms with Crippen molar-refractivity contribution in [3.63, 3.8) is 0 Å². The Kier molecular flexibility index (Phi) is 16.1. The molecule has 0 saturated heterocycles. The van der Waals surface area contributed by atoms with Crippen LogP contribution in [0.4, 0.5) is 0 Å². The maximum Gasteiger partial charge on any atom is 0.302 e. The Labute approximate surface area is 81.1 Å². The molecule has 0 heterocycles. The van der Waals surface area contributed by atoms with Gasteiger partial charge < -0.3 is 9.84 Å². The van der Waals surface area contributed by atoms with Gasteiger partial charge in [-0.3, -0.25) is 4.79 Å². The second kappa shape index (κ2) is 14.0. The first-order chi connectivity index (χ1) is 6.18. The lowest BCUT2D eigenvalue weighted by atomic mass is 10.2. The first-order valence-electron chi connectivity index (χ1n) is 4.93. The SMILES string of the molecule is CCCCCCO.CCOC(C)=O. The highest BCUT2D eigenvalue weighted by atomic mass is 16.5. The van der Waals surface area contributed by atoms with E-state index in [1.807, 2.05) is 0 Å². The van der Waals surface area contributed by atoms with Crippen LogP contribution in [0.25, 0.3) is 0 Å². The molecule has 0 saturated carbocycles. The van der Waals surface area contributed by atoms with Crippen molar-refractivity contribution in [3.8, 4) is 0 Å². The Balaban J connectivity index is 0. The van der Waals surface area contributed by atoms with Crippen molar-refractivity contribution in [1.29, 1.82) is 0 Å². The van der Waals surface area contributed by atoms with E-state index in [1.165, 1.54) is 26.2 Å². The van der Waals surface area contributed by atoms with Crippen molar-refractivity contribution in [1.82, 2.24) is 0 Å². The monoisotopic (exact) mass is 190 g/mol. The van der Waals surface area contributed by atoms with Crippen LogP contribution in [0.1, 0.15) is 46.5 Å². The van der Waals surface area contributed by atoms with E-state index in [1.54, 1.807) is 6.92 Å². The van der Waals surface area contributed by atoms with Crippen LogP contribution >= 0.6 is 0 Å². The molecule has 0 aromatic heterocycles. The van der Waals surface area contributed by atoms with E-state index in [-0.39, 0.29) is 5.97 Å². The van der Waals surface area contributed by atoms with Gasteiger partial charge in [0.1, 0.15) is 0 Å². The lowest BCUT2D eigenvalue weighted by Gasteiger charge is -1.90. The molecular formula is C10H22O3. The predicted octanol–water partition coefficient (Wildman–Crippen LogP) is 2.13. The summed E-state index contributed by atoms with van der Waals surface area (Å²) in [6.45, 7) is 6.18. The standard InChI is InChI=1S/C6H14O.C4H8O2/c1-2-3-4-5-6-7;1-3-6-4(2)5/h7H,2-6H2,1H3;3H2,1-2H3. The highest BCUT2D eigenvalue weighted by Gasteiger charge is 1.81. The first-order valence-corrected chi connectivity index (χ1v) is 4.93. The van der Waals surface area contributed by atoms with Crippen molar-refractivity contribution in [2.45, 2.75) is 46.5 Å². The number of ether oxygens (including phenoxy) is 1. The third-order valence-corrected chi connectivity index (χ3v) is 1.36. The summed E-state index contributed by atoms with van der Waals surface area (Å²) in [5.41, 5.74) is 0. The average Bonchev–Trinajstić information content (AvgIpc) is 2.06. The topological polar surface area (TPSA) is 46.5 Å².